The number of carbonyl (C=O) groups is 1. The summed E-state index contributed by atoms with van der Waals surface area (Å²) in [6, 6.07) is 5.36. The van der Waals surface area contributed by atoms with Gasteiger partial charge >= 0.3 is 0 Å². The van der Waals surface area contributed by atoms with E-state index in [1.54, 1.807) is 7.11 Å². The molecule has 26 heavy (non-hydrogen) atoms. The lowest BCUT2D eigenvalue weighted by atomic mass is 10.1. The van der Waals surface area contributed by atoms with Gasteiger partial charge in [0.25, 0.3) is 0 Å². The third-order valence-electron chi connectivity index (χ3n) is 4.24. The predicted octanol–water partition coefficient (Wildman–Crippen LogP) is 2.71. The largest absolute Gasteiger partial charge is 0.493 e. The second kappa shape index (κ2) is 11.3. The number of ether oxygens (including phenoxy) is 3. The molecule has 1 aromatic rings. The third-order valence-corrected chi connectivity index (χ3v) is 4.24. The summed E-state index contributed by atoms with van der Waals surface area (Å²) in [6.45, 7) is 8.70. The molecule has 1 aliphatic rings. The Morgan fingerprint density at radius 2 is 2.12 bits per heavy atom. The van der Waals surface area contributed by atoms with E-state index in [9.17, 15) is 4.79 Å². The van der Waals surface area contributed by atoms with Crippen LogP contribution in [-0.4, -0.2) is 45.4 Å². The summed E-state index contributed by atoms with van der Waals surface area (Å²) in [5.74, 6) is 1.95. The first kappa shape index (κ1) is 22.5. The van der Waals surface area contributed by atoms with E-state index >= 15 is 0 Å². The molecule has 1 aromatic carbocycles. The summed E-state index contributed by atoms with van der Waals surface area (Å²) >= 11 is 0. The van der Waals surface area contributed by atoms with E-state index < -0.39 is 0 Å². The van der Waals surface area contributed by atoms with E-state index in [2.05, 4.69) is 24.5 Å². The quantitative estimate of drug-likeness (QED) is 0.719. The third kappa shape index (κ3) is 6.67. The molecule has 0 aliphatic carbocycles. The number of hydrogen-bond donors (Lipinski definition) is 2. The molecule has 2 atom stereocenters. The summed E-state index contributed by atoms with van der Waals surface area (Å²) < 4.78 is 16.6. The average Bonchev–Trinajstić information content (AvgIpc) is 2.62. The molecule has 1 heterocycles. The Morgan fingerprint density at radius 3 is 2.73 bits per heavy atom. The van der Waals surface area contributed by atoms with Gasteiger partial charge < -0.3 is 24.8 Å². The van der Waals surface area contributed by atoms with Gasteiger partial charge in [0.2, 0.25) is 5.91 Å². The zero-order valence-corrected chi connectivity index (χ0v) is 16.9. The van der Waals surface area contributed by atoms with Crippen LogP contribution in [0, 0.1) is 5.92 Å². The Balaban J connectivity index is 0.00000338. The minimum Gasteiger partial charge on any atom is -0.493 e. The van der Waals surface area contributed by atoms with Crippen molar-refractivity contribution in [2.75, 3.05) is 33.5 Å². The molecule has 1 amide bonds. The van der Waals surface area contributed by atoms with Gasteiger partial charge in [-0.05, 0) is 37.0 Å². The Bertz CT molecular complexity index is 562. The lowest BCUT2D eigenvalue weighted by molar-refractivity contribution is -0.126. The Hall–Kier alpha value is -1.50. The van der Waals surface area contributed by atoms with Crippen molar-refractivity contribution in [2.24, 2.45) is 5.92 Å². The molecule has 0 spiro atoms. The van der Waals surface area contributed by atoms with Crippen molar-refractivity contribution in [1.29, 1.82) is 0 Å². The van der Waals surface area contributed by atoms with Crippen molar-refractivity contribution in [1.82, 2.24) is 10.6 Å². The highest BCUT2D eigenvalue weighted by Crippen LogP contribution is 2.30. The second-order valence-electron chi connectivity index (χ2n) is 6.75. The first-order chi connectivity index (χ1) is 12.0. The monoisotopic (exact) mass is 386 g/mol. The van der Waals surface area contributed by atoms with E-state index in [1.807, 2.05) is 25.1 Å². The van der Waals surface area contributed by atoms with Crippen molar-refractivity contribution in [3.8, 4) is 11.5 Å². The van der Waals surface area contributed by atoms with Gasteiger partial charge in [0.1, 0.15) is 6.04 Å². The average molecular weight is 387 g/mol. The Labute approximate surface area is 162 Å². The van der Waals surface area contributed by atoms with Crippen LogP contribution in [0.15, 0.2) is 18.2 Å². The van der Waals surface area contributed by atoms with E-state index in [1.165, 1.54) is 0 Å². The number of morpholine rings is 1. The minimum atomic E-state index is -0.295. The van der Waals surface area contributed by atoms with E-state index in [-0.39, 0.29) is 30.4 Å². The van der Waals surface area contributed by atoms with Crippen molar-refractivity contribution < 1.29 is 19.0 Å². The highest BCUT2D eigenvalue weighted by atomic mass is 35.5. The van der Waals surface area contributed by atoms with Gasteiger partial charge in [-0.15, -0.1) is 12.4 Å². The van der Waals surface area contributed by atoms with Crippen LogP contribution in [0.4, 0.5) is 0 Å². The summed E-state index contributed by atoms with van der Waals surface area (Å²) in [7, 11) is 1.63. The topological polar surface area (TPSA) is 68.8 Å². The fourth-order valence-electron chi connectivity index (χ4n) is 2.61. The van der Waals surface area contributed by atoms with Crippen LogP contribution in [0.5, 0.6) is 11.5 Å². The number of rotatable bonds is 8. The van der Waals surface area contributed by atoms with Gasteiger partial charge in [0, 0.05) is 6.54 Å². The molecule has 1 saturated heterocycles. The zero-order chi connectivity index (χ0) is 18.2. The molecule has 7 heteroatoms. The van der Waals surface area contributed by atoms with E-state index in [0.29, 0.717) is 38.0 Å². The van der Waals surface area contributed by atoms with Gasteiger partial charge in [-0.2, -0.15) is 0 Å². The Morgan fingerprint density at radius 1 is 1.35 bits per heavy atom. The molecule has 148 valence electrons. The number of carbonyl (C=O) groups excluding carboxylic acids is 1. The molecule has 1 fully saturated rings. The number of nitrogens with one attached hydrogen (secondary N) is 2. The molecule has 1 aliphatic heterocycles. The molecule has 0 aromatic heterocycles. The fraction of sp³-hybridized carbons (Fsp3) is 0.632. The number of methoxy groups -OCH3 is 1. The van der Waals surface area contributed by atoms with Crippen LogP contribution in [0.2, 0.25) is 0 Å². The minimum absolute atomic E-state index is 0. The van der Waals surface area contributed by atoms with Crippen LogP contribution < -0.4 is 20.1 Å². The van der Waals surface area contributed by atoms with Gasteiger partial charge in [-0.1, -0.05) is 19.9 Å². The summed E-state index contributed by atoms with van der Waals surface area (Å²) in [4.78, 5) is 12.3. The van der Waals surface area contributed by atoms with Crippen molar-refractivity contribution in [3.63, 3.8) is 0 Å². The maximum absolute atomic E-state index is 12.3. The first-order valence-corrected chi connectivity index (χ1v) is 8.93. The first-order valence-electron chi connectivity index (χ1n) is 8.93. The molecule has 6 nitrogen and oxygen atoms in total. The lowest BCUT2D eigenvalue weighted by Gasteiger charge is -2.25. The fourth-order valence-corrected chi connectivity index (χ4v) is 2.61. The van der Waals surface area contributed by atoms with Crippen molar-refractivity contribution in [3.05, 3.63) is 23.8 Å². The van der Waals surface area contributed by atoms with Crippen molar-refractivity contribution in [2.45, 2.75) is 39.3 Å². The predicted molar refractivity (Wildman–Crippen MR) is 104 cm³/mol. The van der Waals surface area contributed by atoms with Gasteiger partial charge in [-0.25, -0.2) is 0 Å². The second-order valence-corrected chi connectivity index (χ2v) is 6.75. The van der Waals surface area contributed by atoms with Crippen LogP contribution in [0.1, 0.15) is 38.8 Å². The highest BCUT2D eigenvalue weighted by molar-refractivity contribution is 5.85. The van der Waals surface area contributed by atoms with Crippen LogP contribution in [0.25, 0.3) is 0 Å². The standard InChI is InChI=1S/C19H30N2O4.ClH/c1-13(2)7-9-25-17-6-5-15(11-18(17)23-4)14(3)21-19(22)16-12-24-10-8-20-16;/h5-6,11,13-14,16,20H,7-10,12H2,1-4H3,(H,21,22);1H. The van der Waals surface area contributed by atoms with Crippen molar-refractivity contribution >= 4 is 18.3 Å². The van der Waals surface area contributed by atoms with E-state index in [4.69, 9.17) is 14.2 Å². The summed E-state index contributed by atoms with van der Waals surface area (Å²) in [6.07, 6.45) is 0.994. The molecule has 2 N–H and O–H groups in total. The molecule has 0 saturated carbocycles. The van der Waals surface area contributed by atoms with E-state index in [0.717, 1.165) is 17.7 Å². The van der Waals surface area contributed by atoms with Gasteiger partial charge in [-0.3, -0.25) is 4.79 Å². The van der Waals surface area contributed by atoms with Gasteiger partial charge in [0.05, 0.1) is 33.0 Å². The molecule has 2 rings (SSSR count). The summed E-state index contributed by atoms with van der Waals surface area (Å²) in [5.41, 5.74) is 0.970. The number of halogens is 1. The van der Waals surface area contributed by atoms with Crippen LogP contribution in [0.3, 0.4) is 0 Å². The van der Waals surface area contributed by atoms with Crippen LogP contribution in [-0.2, 0) is 9.53 Å². The molecule has 2 unspecified atom stereocenters. The number of amides is 1. The van der Waals surface area contributed by atoms with Crippen LogP contribution >= 0.6 is 12.4 Å². The maximum atomic E-state index is 12.3. The molecule has 0 radical (unpaired) electrons. The van der Waals surface area contributed by atoms with Gasteiger partial charge in [0.15, 0.2) is 11.5 Å². The smallest absolute Gasteiger partial charge is 0.240 e. The zero-order valence-electron chi connectivity index (χ0n) is 16.0. The highest BCUT2D eigenvalue weighted by Gasteiger charge is 2.23. The lowest BCUT2D eigenvalue weighted by Crippen LogP contribution is -2.51. The number of benzene rings is 1. The normalized spacial score (nSPS) is 18.0. The molecule has 0 bridgehead atoms. The summed E-state index contributed by atoms with van der Waals surface area (Å²) in [5, 5.41) is 6.17. The SMILES string of the molecule is COc1cc(C(C)NC(=O)C2COCCN2)ccc1OCCC(C)C.Cl. The molecular formula is C19H31ClN2O4. The molecular weight excluding hydrogens is 356 g/mol. The number of hydrogen-bond acceptors (Lipinski definition) is 5. The Kier molecular flexibility index (Phi) is 9.76. The maximum Gasteiger partial charge on any atom is 0.240 e.